The molecule has 7 heteroatoms. The third-order valence-corrected chi connectivity index (χ3v) is 7.42. The van der Waals surface area contributed by atoms with Crippen molar-refractivity contribution in [3.8, 4) is 0 Å². The smallest absolute Gasteiger partial charge is 0.225 e. The molecule has 3 fully saturated rings. The molecule has 2 aliphatic heterocycles. The Morgan fingerprint density at radius 3 is 1.96 bits per heavy atom. The van der Waals surface area contributed by atoms with Gasteiger partial charge < -0.3 is 9.80 Å². The quantitative estimate of drug-likeness (QED) is 0.774. The average Bonchev–Trinajstić information content (AvgIpc) is 3.40. The minimum absolute atomic E-state index is 0.144. The zero-order valence-corrected chi connectivity index (χ0v) is 17.8. The van der Waals surface area contributed by atoms with E-state index in [2.05, 4.69) is 15.3 Å². The molecular formula is C21H32N4O2S. The maximum atomic E-state index is 12.9. The van der Waals surface area contributed by atoms with Crippen LogP contribution in [0.3, 0.4) is 0 Å². The molecule has 3 aliphatic rings. The lowest BCUT2D eigenvalue weighted by atomic mass is 9.94. The third-order valence-electron chi connectivity index (χ3n) is 6.60. The highest BCUT2D eigenvalue weighted by atomic mass is 32.1. The Kier molecular flexibility index (Phi) is 6.31. The Morgan fingerprint density at radius 1 is 0.929 bits per heavy atom. The first kappa shape index (κ1) is 19.8. The summed E-state index contributed by atoms with van der Waals surface area (Å²) in [6, 6.07) is 0. The number of likely N-dealkylation sites (tertiary alicyclic amines) is 1. The van der Waals surface area contributed by atoms with Crippen molar-refractivity contribution in [1.82, 2.24) is 19.7 Å². The van der Waals surface area contributed by atoms with Gasteiger partial charge in [-0.2, -0.15) is 0 Å². The molecule has 0 atom stereocenters. The number of rotatable bonds is 4. The summed E-state index contributed by atoms with van der Waals surface area (Å²) in [5, 5.41) is 3.25. The Bertz CT molecular complexity index is 684. The zero-order chi connectivity index (χ0) is 19.5. The van der Waals surface area contributed by atoms with Gasteiger partial charge in [-0.25, -0.2) is 4.98 Å². The van der Waals surface area contributed by atoms with Crippen molar-refractivity contribution in [2.45, 2.75) is 52.0 Å². The molecule has 4 rings (SSSR count). The van der Waals surface area contributed by atoms with Crippen LogP contribution in [0.25, 0.3) is 0 Å². The highest BCUT2D eigenvalue weighted by molar-refractivity contribution is 7.09. The number of nitrogens with zero attached hydrogens (tertiary/aromatic N) is 4. The van der Waals surface area contributed by atoms with Crippen molar-refractivity contribution in [2.24, 2.45) is 11.8 Å². The van der Waals surface area contributed by atoms with E-state index in [1.165, 1.54) is 12.8 Å². The summed E-state index contributed by atoms with van der Waals surface area (Å²) in [5.41, 5.74) is 1.15. The highest BCUT2D eigenvalue weighted by Gasteiger charge is 2.33. The average molecular weight is 405 g/mol. The number of carbonyl (C=O) groups is 2. The van der Waals surface area contributed by atoms with Crippen molar-refractivity contribution in [1.29, 1.82) is 0 Å². The Balaban J connectivity index is 1.21. The molecule has 0 N–H and O–H groups in total. The SMILES string of the molecule is Cc1nc(CN2CCC(C(=O)N3CCN(C(=O)C4CCCC4)CC3)CC2)cs1. The van der Waals surface area contributed by atoms with Gasteiger partial charge in [-0.3, -0.25) is 14.5 Å². The lowest BCUT2D eigenvalue weighted by molar-refractivity contribution is -0.144. The number of hydrogen-bond acceptors (Lipinski definition) is 5. The largest absolute Gasteiger partial charge is 0.339 e. The second-order valence-corrected chi connectivity index (χ2v) is 9.60. The first-order valence-electron chi connectivity index (χ1n) is 10.8. The van der Waals surface area contributed by atoms with Crippen LogP contribution < -0.4 is 0 Å². The van der Waals surface area contributed by atoms with Crippen LogP contribution in [0.2, 0.25) is 0 Å². The predicted octanol–water partition coefficient (Wildman–Crippen LogP) is 2.52. The van der Waals surface area contributed by atoms with Gasteiger partial charge in [-0.1, -0.05) is 12.8 Å². The molecule has 6 nitrogen and oxygen atoms in total. The Morgan fingerprint density at radius 2 is 1.46 bits per heavy atom. The molecule has 1 saturated carbocycles. The van der Waals surface area contributed by atoms with Gasteiger partial charge in [0.25, 0.3) is 0 Å². The monoisotopic (exact) mass is 404 g/mol. The number of hydrogen-bond donors (Lipinski definition) is 0. The van der Waals surface area contributed by atoms with Crippen LogP contribution >= 0.6 is 11.3 Å². The van der Waals surface area contributed by atoms with E-state index in [0.717, 1.165) is 56.0 Å². The van der Waals surface area contributed by atoms with Gasteiger partial charge in [0.1, 0.15) is 0 Å². The number of thiazole rings is 1. The molecular weight excluding hydrogens is 372 g/mol. The maximum Gasteiger partial charge on any atom is 0.225 e. The topological polar surface area (TPSA) is 56.8 Å². The summed E-state index contributed by atoms with van der Waals surface area (Å²) in [5.74, 6) is 1.02. The summed E-state index contributed by atoms with van der Waals surface area (Å²) in [7, 11) is 0. The molecule has 1 aromatic heterocycles. The second-order valence-electron chi connectivity index (χ2n) is 8.54. The van der Waals surface area contributed by atoms with E-state index in [9.17, 15) is 9.59 Å². The van der Waals surface area contributed by atoms with Gasteiger partial charge in [-0.05, 0) is 45.7 Å². The molecule has 0 bridgehead atoms. The fourth-order valence-electron chi connectivity index (χ4n) is 4.88. The van der Waals surface area contributed by atoms with Crippen molar-refractivity contribution in [2.75, 3.05) is 39.3 Å². The summed E-state index contributed by atoms with van der Waals surface area (Å²) < 4.78 is 0. The maximum absolute atomic E-state index is 12.9. The van der Waals surface area contributed by atoms with Gasteiger partial charge in [0, 0.05) is 49.9 Å². The molecule has 3 heterocycles. The summed E-state index contributed by atoms with van der Waals surface area (Å²) >= 11 is 1.70. The number of piperazine rings is 1. The number of aromatic nitrogens is 1. The van der Waals surface area contributed by atoms with Crippen molar-refractivity contribution >= 4 is 23.2 Å². The van der Waals surface area contributed by atoms with E-state index >= 15 is 0 Å². The van der Waals surface area contributed by atoms with Gasteiger partial charge >= 0.3 is 0 Å². The van der Waals surface area contributed by atoms with Crippen LogP contribution in [0, 0.1) is 18.8 Å². The molecule has 28 heavy (non-hydrogen) atoms. The van der Waals surface area contributed by atoms with Crippen molar-refractivity contribution < 1.29 is 9.59 Å². The van der Waals surface area contributed by atoms with Gasteiger partial charge in [0.15, 0.2) is 0 Å². The van der Waals surface area contributed by atoms with Crippen LogP contribution in [0.4, 0.5) is 0 Å². The lowest BCUT2D eigenvalue weighted by Gasteiger charge is -2.39. The predicted molar refractivity (Wildman–Crippen MR) is 110 cm³/mol. The van der Waals surface area contributed by atoms with Gasteiger partial charge in [0.2, 0.25) is 11.8 Å². The molecule has 0 radical (unpaired) electrons. The molecule has 2 saturated heterocycles. The minimum Gasteiger partial charge on any atom is -0.339 e. The first-order valence-corrected chi connectivity index (χ1v) is 11.7. The van der Waals surface area contributed by atoms with Gasteiger partial charge in [-0.15, -0.1) is 11.3 Å². The first-order chi connectivity index (χ1) is 13.6. The third kappa shape index (κ3) is 4.57. The molecule has 1 aromatic rings. The van der Waals surface area contributed by atoms with Crippen LogP contribution in [0.5, 0.6) is 0 Å². The van der Waals surface area contributed by atoms with Crippen LogP contribution in [0.15, 0.2) is 5.38 Å². The number of piperidine rings is 1. The Hall–Kier alpha value is -1.47. The van der Waals surface area contributed by atoms with Crippen molar-refractivity contribution in [3.63, 3.8) is 0 Å². The normalized spacial score (nSPS) is 22.8. The fourth-order valence-corrected chi connectivity index (χ4v) is 5.49. The van der Waals surface area contributed by atoms with E-state index in [-0.39, 0.29) is 11.8 Å². The highest BCUT2D eigenvalue weighted by Crippen LogP contribution is 2.27. The lowest BCUT2D eigenvalue weighted by Crippen LogP contribution is -2.53. The van der Waals surface area contributed by atoms with Gasteiger partial charge in [0.05, 0.1) is 10.7 Å². The van der Waals surface area contributed by atoms with E-state index in [0.29, 0.717) is 38.0 Å². The summed E-state index contributed by atoms with van der Waals surface area (Å²) in [4.78, 5) is 36.5. The molecule has 0 spiro atoms. The van der Waals surface area contributed by atoms with Crippen molar-refractivity contribution in [3.05, 3.63) is 16.1 Å². The second kappa shape index (κ2) is 8.91. The minimum atomic E-state index is 0.144. The molecule has 0 aromatic carbocycles. The van der Waals surface area contributed by atoms with Crippen LogP contribution in [-0.4, -0.2) is 70.8 Å². The van der Waals surface area contributed by atoms with Crippen LogP contribution in [-0.2, 0) is 16.1 Å². The number of aryl methyl sites for hydroxylation is 1. The van der Waals surface area contributed by atoms with E-state index in [1.54, 1.807) is 11.3 Å². The molecule has 2 amide bonds. The molecule has 1 aliphatic carbocycles. The molecule has 154 valence electrons. The number of amides is 2. The van der Waals surface area contributed by atoms with Crippen LogP contribution in [0.1, 0.15) is 49.2 Å². The summed E-state index contributed by atoms with van der Waals surface area (Å²) in [6.45, 7) is 7.70. The Labute approximate surface area is 171 Å². The summed E-state index contributed by atoms with van der Waals surface area (Å²) in [6.07, 6.45) is 6.35. The standard InChI is InChI=1S/C21H32N4O2S/c1-16-22-19(15-28-16)14-23-8-6-18(7-9-23)21(27)25-12-10-24(11-13-25)20(26)17-4-2-3-5-17/h15,17-18H,2-14H2,1H3. The molecule has 0 unspecified atom stereocenters. The zero-order valence-electron chi connectivity index (χ0n) is 16.9. The van der Waals surface area contributed by atoms with E-state index < -0.39 is 0 Å². The van der Waals surface area contributed by atoms with E-state index in [4.69, 9.17) is 0 Å². The number of carbonyl (C=O) groups excluding carboxylic acids is 2. The van der Waals surface area contributed by atoms with E-state index in [1.807, 2.05) is 16.7 Å². The fraction of sp³-hybridized carbons (Fsp3) is 0.762.